The molecule has 2 aromatic rings. The summed E-state index contributed by atoms with van der Waals surface area (Å²) in [6.45, 7) is 2.55. The number of amides is 1. The lowest BCUT2D eigenvalue weighted by atomic mass is 10.1. The maximum atomic E-state index is 12.4. The average Bonchev–Trinajstić information content (AvgIpc) is 3.20. The van der Waals surface area contributed by atoms with Gasteiger partial charge in [-0.3, -0.25) is 4.79 Å². The van der Waals surface area contributed by atoms with E-state index in [9.17, 15) is 4.79 Å². The van der Waals surface area contributed by atoms with Crippen LogP contribution in [0.1, 0.15) is 50.4 Å². The van der Waals surface area contributed by atoms with E-state index in [0.717, 1.165) is 30.5 Å². The fraction of sp³-hybridized carbons (Fsp3) is 0.300. The summed E-state index contributed by atoms with van der Waals surface area (Å²) in [6.07, 6.45) is 8.64. The monoisotopic (exact) mass is 304 g/mol. The van der Waals surface area contributed by atoms with Gasteiger partial charge in [0.15, 0.2) is 0 Å². The van der Waals surface area contributed by atoms with E-state index in [1.165, 1.54) is 28.7 Å². The number of hydrogen-bond acceptors (Lipinski definition) is 2. The predicted octanol–water partition coefficient (Wildman–Crippen LogP) is 3.38. The van der Waals surface area contributed by atoms with Crippen LogP contribution in [0.2, 0.25) is 0 Å². The minimum atomic E-state index is -0.0820. The number of pyridine rings is 1. The lowest BCUT2D eigenvalue weighted by Gasteiger charge is -2.10. The Morgan fingerprint density at radius 2 is 2.13 bits per heavy atom. The second-order valence-electron chi connectivity index (χ2n) is 6.41. The van der Waals surface area contributed by atoms with Crippen LogP contribution in [-0.2, 0) is 25.8 Å². The number of carbonyl (C=O) groups excluding carboxylic acids is 1. The molecule has 4 rings (SSSR count). The Morgan fingerprint density at radius 3 is 3.04 bits per heavy atom. The maximum Gasteiger partial charge on any atom is 0.270 e. The van der Waals surface area contributed by atoms with E-state index >= 15 is 0 Å². The molecule has 1 amide bonds. The predicted molar refractivity (Wildman–Crippen MR) is 91.3 cm³/mol. The van der Waals surface area contributed by atoms with Gasteiger partial charge in [0, 0.05) is 12.2 Å². The number of fused-ring (bicyclic) bond motifs is 2. The molecule has 116 valence electrons. The van der Waals surface area contributed by atoms with Gasteiger partial charge in [-0.2, -0.15) is 0 Å². The van der Waals surface area contributed by atoms with Crippen molar-refractivity contribution in [3.05, 3.63) is 69.5 Å². The summed E-state index contributed by atoms with van der Waals surface area (Å²) in [5.41, 5.74) is 7.96. The first-order valence-corrected chi connectivity index (χ1v) is 8.26. The molecule has 0 radical (unpaired) electrons. The zero-order chi connectivity index (χ0) is 15.8. The van der Waals surface area contributed by atoms with Crippen molar-refractivity contribution in [1.82, 2.24) is 10.3 Å². The van der Waals surface area contributed by atoms with E-state index in [4.69, 9.17) is 0 Å². The number of nitrogens with one attached hydrogen (secondary N) is 1. The summed E-state index contributed by atoms with van der Waals surface area (Å²) in [4.78, 5) is 16.9. The smallest absolute Gasteiger partial charge is 0.270 e. The topological polar surface area (TPSA) is 42.0 Å². The zero-order valence-corrected chi connectivity index (χ0v) is 13.4. The van der Waals surface area contributed by atoms with Crippen LogP contribution >= 0.6 is 0 Å². The van der Waals surface area contributed by atoms with Gasteiger partial charge in [-0.1, -0.05) is 30.4 Å². The molecule has 1 heterocycles. The fourth-order valence-electron chi connectivity index (χ4n) is 3.60. The molecule has 0 atom stereocenters. The summed E-state index contributed by atoms with van der Waals surface area (Å²) in [6, 6.07) is 8.35. The fourth-order valence-corrected chi connectivity index (χ4v) is 3.60. The minimum absolute atomic E-state index is 0.0820. The van der Waals surface area contributed by atoms with Crippen molar-refractivity contribution in [2.75, 3.05) is 0 Å². The maximum absolute atomic E-state index is 12.4. The lowest BCUT2D eigenvalue weighted by molar-refractivity contribution is 0.0945. The molecule has 1 N–H and O–H groups in total. The van der Waals surface area contributed by atoms with Crippen LogP contribution in [-0.4, -0.2) is 10.9 Å². The van der Waals surface area contributed by atoms with Gasteiger partial charge in [-0.05, 0) is 66.5 Å². The van der Waals surface area contributed by atoms with Crippen molar-refractivity contribution >= 4 is 12.0 Å². The number of hydrogen-bond donors (Lipinski definition) is 1. The first-order valence-electron chi connectivity index (χ1n) is 8.26. The number of aryl methyl sites for hydroxylation is 2. The number of nitrogens with zero attached hydrogens (tertiary/aromatic N) is 1. The highest BCUT2D eigenvalue weighted by molar-refractivity contribution is 5.92. The molecule has 23 heavy (non-hydrogen) atoms. The summed E-state index contributed by atoms with van der Waals surface area (Å²) in [5.74, 6) is -0.0820. The molecule has 2 aliphatic carbocycles. The van der Waals surface area contributed by atoms with E-state index < -0.39 is 0 Å². The second kappa shape index (κ2) is 5.65. The second-order valence-corrected chi connectivity index (χ2v) is 6.41. The quantitative estimate of drug-likeness (QED) is 0.944. The van der Waals surface area contributed by atoms with Gasteiger partial charge in [-0.25, -0.2) is 4.98 Å². The molecule has 0 unspecified atom stereocenters. The van der Waals surface area contributed by atoms with E-state index in [2.05, 4.69) is 40.7 Å². The molecule has 0 spiro atoms. The summed E-state index contributed by atoms with van der Waals surface area (Å²) >= 11 is 0. The van der Waals surface area contributed by atoms with Crippen LogP contribution in [0.4, 0.5) is 0 Å². The Hall–Kier alpha value is -2.42. The summed E-state index contributed by atoms with van der Waals surface area (Å²) in [7, 11) is 0. The minimum Gasteiger partial charge on any atom is -0.347 e. The highest BCUT2D eigenvalue weighted by Gasteiger charge is 2.18. The van der Waals surface area contributed by atoms with Gasteiger partial charge in [0.2, 0.25) is 0 Å². The molecule has 3 nitrogen and oxygen atoms in total. The number of aromatic nitrogens is 1. The third-order valence-electron chi connectivity index (χ3n) is 4.82. The number of rotatable bonds is 3. The molecule has 3 heteroatoms. The van der Waals surface area contributed by atoms with Crippen LogP contribution in [0.25, 0.3) is 6.08 Å². The number of carbonyl (C=O) groups is 1. The number of allylic oxidation sites excluding steroid dienone is 1. The van der Waals surface area contributed by atoms with Crippen molar-refractivity contribution < 1.29 is 4.79 Å². The van der Waals surface area contributed by atoms with Crippen molar-refractivity contribution in [2.45, 2.75) is 39.2 Å². The molecule has 0 aliphatic heterocycles. The van der Waals surface area contributed by atoms with Crippen molar-refractivity contribution in [3.8, 4) is 0 Å². The first-order chi connectivity index (χ1) is 11.2. The summed E-state index contributed by atoms with van der Waals surface area (Å²) in [5, 5.41) is 3.00. The van der Waals surface area contributed by atoms with Crippen LogP contribution < -0.4 is 5.32 Å². The molecule has 2 aliphatic rings. The SMILES string of the molecule is Cc1nc(C(=O)NCc2ccc3c(c2)CC=C3)cc2c1CCC2. The van der Waals surface area contributed by atoms with Crippen LogP contribution in [0.5, 0.6) is 0 Å². The Balaban J connectivity index is 1.47. The van der Waals surface area contributed by atoms with Gasteiger partial charge >= 0.3 is 0 Å². The van der Waals surface area contributed by atoms with Crippen molar-refractivity contribution in [3.63, 3.8) is 0 Å². The van der Waals surface area contributed by atoms with E-state index in [1.807, 2.05) is 13.0 Å². The Kier molecular flexibility index (Phi) is 3.49. The Labute approximate surface area is 136 Å². The van der Waals surface area contributed by atoms with Gasteiger partial charge in [0.25, 0.3) is 5.91 Å². The van der Waals surface area contributed by atoms with Crippen molar-refractivity contribution in [2.24, 2.45) is 0 Å². The Bertz CT molecular complexity index is 821. The summed E-state index contributed by atoms with van der Waals surface area (Å²) < 4.78 is 0. The number of benzene rings is 1. The van der Waals surface area contributed by atoms with Crippen molar-refractivity contribution in [1.29, 1.82) is 0 Å². The van der Waals surface area contributed by atoms with E-state index in [0.29, 0.717) is 12.2 Å². The van der Waals surface area contributed by atoms with Gasteiger partial charge in [0.05, 0.1) is 0 Å². The first kappa shape index (κ1) is 14.2. The molecule has 1 aromatic heterocycles. The third kappa shape index (κ3) is 2.67. The molecule has 0 fully saturated rings. The van der Waals surface area contributed by atoms with Gasteiger partial charge in [-0.15, -0.1) is 0 Å². The average molecular weight is 304 g/mol. The van der Waals surface area contributed by atoms with Crippen LogP contribution in [0.3, 0.4) is 0 Å². The molecule has 1 aromatic carbocycles. The molecule has 0 saturated carbocycles. The highest BCUT2D eigenvalue weighted by atomic mass is 16.1. The van der Waals surface area contributed by atoms with Crippen LogP contribution in [0.15, 0.2) is 30.3 Å². The zero-order valence-electron chi connectivity index (χ0n) is 13.4. The van der Waals surface area contributed by atoms with Gasteiger partial charge in [0.1, 0.15) is 5.69 Å². The van der Waals surface area contributed by atoms with Gasteiger partial charge < -0.3 is 5.32 Å². The highest BCUT2D eigenvalue weighted by Crippen LogP contribution is 2.25. The molecular formula is C20H20N2O. The lowest BCUT2D eigenvalue weighted by Crippen LogP contribution is -2.24. The van der Waals surface area contributed by atoms with E-state index in [-0.39, 0.29) is 5.91 Å². The van der Waals surface area contributed by atoms with Crippen LogP contribution in [0, 0.1) is 6.92 Å². The largest absolute Gasteiger partial charge is 0.347 e. The van der Waals surface area contributed by atoms with E-state index in [1.54, 1.807) is 0 Å². The molecule has 0 saturated heterocycles. The normalized spacial score (nSPS) is 14.7. The molecule has 0 bridgehead atoms. The third-order valence-corrected chi connectivity index (χ3v) is 4.82. The molecular weight excluding hydrogens is 284 g/mol. The Morgan fingerprint density at radius 1 is 1.22 bits per heavy atom. The standard InChI is InChI=1S/C20H20N2O/c1-13-18-7-3-6-17(18)11-19(22-13)20(23)21-12-14-8-9-15-4-2-5-16(15)10-14/h2,4,8-11H,3,5-7,12H2,1H3,(H,21,23).